The summed E-state index contributed by atoms with van der Waals surface area (Å²) < 4.78 is 0. The molecule has 1 aromatic heterocycles. The van der Waals surface area contributed by atoms with Gasteiger partial charge in [0.15, 0.2) is 0 Å². The molecule has 0 aliphatic rings. The lowest BCUT2D eigenvalue weighted by Gasteiger charge is -2.11. The lowest BCUT2D eigenvalue weighted by atomic mass is 10.1. The number of rotatable bonds is 5. The summed E-state index contributed by atoms with van der Waals surface area (Å²) in [6.45, 7) is 3.13. The quantitative estimate of drug-likeness (QED) is 0.803. The molecule has 0 fully saturated rings. The van der Waals surface area contributed by atoms with Crippen LogP contribution < -0.4 is 5.32 Å². The Bertz CT molecular complexity index is 394. The van der Waals surface area contributed by atoms with Crippen molar-refractivity contribution in [3.05, 3.63) is 53.9 Å². The molecule has 2 aromatic rings. The van der Waals surface area contributed by atoms with E-state index in [2.05, 4.69) is 46.7 Å². The minimum Gasteiger partial charge on any atom is -0.310 e. The van der Waals surface area contributed by atoms with Gasteiger partial charge in [-0.3, -0.25) is 5.10 Å². The molecule has 0 aliphatic heterocycles. The molecular formula is C13H17N3. The van der Waals surface area contributed by atoms with Crippen molar-refractivity contribution in [2.75, 3.05) is 6.54 Å². The van der Waals surface area contributed by atoms with E-state index >= 15 is 0 Å². The lowest BCUT2D eigenvalue weighted by Crippen LogP contribution is -2.20. The van der Waals surface area contributed by atoms with Crippen LogP contribution in [0.4, 0.5) is 0 Å². The van der Waals surface area contributed by atoms with Gasteiger partial charge in [-0.15, -0.1) is 0 Å². The van der Waals surface area contributed by atoms with Crippen LogP contribution in [0.25, 0.3) is 0 Å². The molecule has 84 valence electrons. The number of nitrogens with zero attached hydrogens (tertiary/aromatic N) is 1. The highest BCUT2D eigenvalue weighted by Gasteiger charge is 2.04. The zero-order valence-electron chi connectivity index (χ0n) is 9.48. The summed E-state index contributed by atoms with van der Waals surface area (Å²) in [7, 11) is 0. The normalized spacial score (nSPS) is 12.6. The molecule has 3 nitrogen and oxygen atoms in total. The Morgan fingerprint density at radius 2 is 2.12 bits per heavy atom. The summed E-state index contributed by atoms with van der Waals surface area (Å²) in [5.41, 5.74) is 2.57. The second kappa shape index (κ2) is 5.47. The average Bonchev–Trinajstić information content (AvgIpc) is 2.84. The predicted octanol–water partition coefficient (Wildman–Crippen LogP) is 2.30. The zero-order chi connectivity index (χ0) is 11.2. The summed E-state index contributed by atoms with van der Waals surface area (Å²) in [4.78, 5) is 0. The molecule has 1 unspecified atom stereocenters. The standard InChI is InChI=1S/C13H17N3/c1-11(13-9-15-16-10-13)14-8-7-12-5-3-2-4-6-12/h2-6,9-11,14H,7-8H2,1H3,(H,15,16). The fourth-order valence-corrected chi connectivity index (χ4v) is 1.69. The molecule has 0 saturated carbocycles. The van der Waals surface area contributed by atoms with Crippen molar-refractivity contribution in [1.29, 1.82) is 0 Å². The van der Waals surface area contributed by atoms with E-state index in [4.69, 9.17) is 0 Å². The topological polar surface area (TPSA) is 40.7 Å². The number of hydrogen-bond donors (Lipinski definition) is 2. The highest BCUT2D eigenvalue weighted by atomic mass is 15.1. The third-order valence-corrected chi connectivity index (χ3v) is 2.73. The number of aromatic nitrogens is 2. The first-order valence-corrected chi connectivity index (χ1v) is 5.62. The number of aromatic amines is 1. The van der Waals surface area contributed by atoms with Crippen LogP contribution in [0.5, 0.6) is 0 Å². The van der Waals surface area contributed by atoms with E-state index in [1.807, 2.05) is 18.5 Å². The van der Waals surface area contributed by atoms with E-state index < -0.39 is 0 Å². The maximum Gasteiger partial charge on any atom is 0.0534 e. The highest BCUT2D eigenvalue weighted by molar-refractivity contribution is 5.15. The summed E-state index contributed by atoms with van der Waals surface area (Å²) in [6.07, 6.45) is 4.85. The molecular weight excluding hydrogens is 198 g/mol. The van der Waals surface area contributed by atoms with Crippen LogP contribution in [-0.4, -0.2) is 16.7 Å². The molecule has 0 amide bonds. The van der Waals surface area contributed by atoms with Crippen molar-refractivity contribution in [3.63, 3.8) is 0 Å². The largest absolute Gasteiger partial charge is 0.310 e. The Morgan fingerprint density at radius 3 is 2.81 bits per heavy atom. The van der Waals surface area contributed by atoms with Gasteiger partial charge in [0.2, 0.25) is 0 Å². The van der Waals surface area contributed by atoms with Crippen LogP contribution in [0.2, 0.25) is 0 Å². The third-order valence-electron chi connectivity index (χ3n) is 2.73. The van der Waals surface area contributed by atoms with Crippen molar-refractivity contribution in [2.24, 2.45) is 0 Å². The van der Waals surface area contributed by atoms with Gasteiger partial charge < -0.3 is 5.32 Å². The van der Waals surface area contributed by atoms with Gasteiger partial charge in [-0.05, 0) is 25.5 Å². The molecule has 0 radical (unpaired) electrons. The highest BCUT2D eigenvalue weighted by Crippen LogP contribution is 2.08. The van der Waals surface area contributed by atoms with E-state index in [9.17, 15) is 0 Å². The van der Waals surface area contributed by atoms with Gasteiger partial charge in [-0.1, -0.05) is 30.3 Å². The van der Waals surface area contributed by atoms with E-state index in [1.54, 1.807) is 0 Å². The van der Waals surface area contributed by atoms with Gasteiger partial charge in [0.25, 0.3) is 0 Å². The molecule has 1 atom stereocenters. The van der Waals surface area contributed by atoms with Crippen LogP contribution in [-0.2, 0) is 6.42 Å². The maximum atomic E-state index is 3.94. The third kappa shape index (κ3) is 2.94. The average molecular weight is 215 g/mol. The Labute approximate surface area is 95.9 Å². The van der Waals surface area contributed by atoms with Gasteiger partial charge in [-0.25, -0.2) is 0 Å². The molecule has 2 N–H and O–H groups in total. The smallest absolute Gasteiger partial charge is 0.0534 e. The van der Waals surface area contributed by atoms with Gasteiger partial charge in [0.05, 0.1) is 6.20 Å². The Kier molecular flexibility index (Phi) is 3.72. The second-order valence-electron chi connectivity index (χ2n) is 3.94. The second-order valence-corrected chi connectivity index (χ2v) is 3.94. The summed E-state index contributed by atoms with van der Waals surface area (Å²) in [5.74, 6) is 0. The minimum atomic E-state index is 0.350. The Balaban J connectivity index is 1.76. The number of hydrogen-bond acceptors (Lipinski definition) is 2. The molecule has 1 aromatic carbocycles. The summed E-state index contributed by atoms with van der Waals surface area (Å²) in [5, 5.41) is 10.2. The molecule has 0 saturated heterocycles. The molecule has 2 rings (SSSR count). The number of nitrogens with one attached hydrogen (secondary N) is 2. The Morgan fingerprint density at radius 1 is 1.31 bits per heavy atom. The molecule has 0 aliphatic carbocycles. The van der Waals surface area contributed by atoms with Gasteiger partial charge in [-0.2, -0.15) is 5.10 Å². The van der Waals surface area contributed by atoms with Crippen LogP contribution in [0.1, 0.15) is 24.1 Å². The minimum absolute atomic E-state index is 0.350. The Hall–Kier alpha value is -1.61. The summed E-state index contributed by atoms with van der Waals surface area (Å²) in [6, 6.07) is 10.9. The van der Waals surface area contributed by atoms with E-state index in [0.29, 0.717) is 6.04 Å². The van der Waals surface area contributed by atoms with Crippen LogP contribution in [0.15, 0.2) is 42.7 Å². The molecule has 1 heterocycles. The maximum absolute atomic E-state index is 3.94. The number of benzene rings is 1. The first-order chi connectivity index (χ1) is 7.86. The summed E-state index contributed by atoms with van der Waals surface area (Å²) >= 11 is 0. The fraction of sp³-hybridized carbons (Fsp3) is 0.308. The first kappa shape index (κ1) is 10.9. The molecule has 0 spiro atoms. The van der Waals surface area contributed by atoms with Crippen LogP contribution in [0, 0.1) is 0 Å². The van der Waals surface area contributed by atoms with E-state index in [0.717, 1.165) is 13.0 Å². The monoisotopic (exact) mass is 215 g/mol. The first-order valence-electron chi connectivity index (χ1n) is 5.62. The van der Waals surface area contributed by atoms with Crippen molar-refractivity contribution in [3.8, 4) is 0 Å². The van der Waals surface area contributed by atoms with Crippen LogP contribution in [0.3, 0.4) is 0 Å². The predicted molar refractivity (Wildman–Crippen MR) is 65.2 cm³/mol. The molecule has 16 heavy (non-hydrogen) atoms. The van der Waals surface area contributed by atoms with E-state index in [1.165, 1.54) is 11.1 Å². The lowest BCUT2D eigenvalue weighted by molar-refractivity contribution is 0.577. The van der Waals surface area contributed by atoms with Gasteiger partial charge >= 0.3 is 0 Å². The SMILES string of the molecule is CC(NCCc1ccccc1)c1cn[nH]c1. The van der Waals surface area contributed by atoms with Crippen LogP contribution >= 0.6 is 0 Å². The van der Waals surface area contributed by atoms with Crippen molar-refractivity contribution in [2.45, 2.75) is 19.4 Å². The van der Waals surface area contributed by atoms with Gasteiger partial charge in [0, 0.05) is 17.8 Å². The molecule has 0 bridgehead atoms. The number of H-pyrrole nitrogens is 1. The fourth-order valence-electron chi connectivity index (χ4n) is 1.69. The van der Waals surface area contributed by atoms with Crippen molar-refractivity contribution in [1.82, 2.24) is 15.5 Å². The van der Waals surface area contributed by atoms with Crippen molar-refractivity contribution >= 4 is 0 Å². The van der Waals surface area contributed by atoms with E-state index in [-0.39, 0.29) is 0 Å². The zero-order valence-corrected chi connectivity index (χ0v) is 9.48. The van der Waals surface area contributed by atoms with Crippen molar-refractivity contribution < 1.29 is 0 Å². The van der Waals surface area contributed by atoms with Gasteiger partial charge in [0.1, 0.15) is 0 Å². The molecule has 3 heteroatoms.